The van der Waals surface area contributed by atoms with Gasteiger partial charge in [-0.2, -0.15) is 0 Å². The quantitative estimate of drug-likeness (QED) is 0.896. The first kappa shape index (κ1) is 12.0. The average Bonchev–Trinajstić information content (AvgIpc) is 3.22. The minimum absolute atomic E-state index is 0.716. The lowest BCUT2D eigenvalue weighted by atomic mass is 9.92. The van der Waals surface area contributed by atoms with Crippen LogP contribution < -0.4 is 10.1 Å². The molecule has 4 rings (SSSR count). The number of fused-ring (bicyclic) bond motifs is 3. The van der Waals surface area contributed by atoms with Gasteiger partial charge >= 0.3 is 0 Å². The average molecular weight is 269 g/mol. The fourth-order valence-electron chi connectivity index (χ4n) is 2.87. The highest BCUT2D eigenvalue weighted by Gasteiger charge is 2.23. The van der Waals surface area contributed by atoms with Gasteiger partial charge in [-0.15, -0.1) is 0 Å². The Morgan fingerprint density at radius 3 is 3.05 bits per heavy atom. The number of nitrogens with zero attached hydrogens (tertiary/aromatic N) is 1. The first-order valence-electron chi connectivity index (χ1n) is 7.32. The van der Waals surface area contributed by atoms with Crippen molar-refractivity contribution in [2.24, 2.45) is 0 Å². The summed E-state index contributed by atoms with van der Waals surface area (Å²) in [6.45, 7) is 0.850. The predicted molar refractivity (Wildman–Crippen MR) is 77.8 cm³/mol. The zero-order chi connectivity index (χ0) is 13.5. The van der Waals surface area contributed by atoms with Crippen LogP contribution in [0.15, 0.2) is 18.2 Å². The summed E-state index contributed by atoms with van der Waals surface area (Å²) in [6.07, 6.45) is 4.70. The lowest BCUT2D eigenvalue weighted by Gasteiger charge is -2.15. The number of H-pyrrole nitrogens is 1. The van der Waals surface area contributed by atoms with Gasteiger partial charge in [0, 0.05) is 17.3 Å². The van der Waals surface area contributed by atoms with Crippen LogP contribution in [0.2, 0.25) is 0 Å². The van der Waals surface area contributed by atoms with E-state index in [9.17, 15) is 0 Å². The van der Waals surface area contributed by atoms with Crippen LogP contribution >= 0.6 is 0 Å². The topological polar surface area (TPSA) is 49.9 Å². The lowest BCUT2D eigenvalue weighted by molar-refractivity contribution is 0.414. The third-order valence-electron chi connectivity index (χ3n) is 4.18. The summed E-state index contributed by atoms with van der Waals surface area (Å²) in [5.41, 5.74) is 4.99. The number of aromatic nitrogens is 2. The van der Waals surface area contributed by atoms with E-state index in [1.165, 1.54) is 29.7 Å². The van der Waals surface area contributed by atoms with Crippen molar-refractivity contribution in [3.05, 3.63) is 35.3 Å². The number of aryl methyl sites for hydroxylation is 2. The molecule has 1 saturated carbocycles. The highest BCUT2D eigenvalue weighted by Crippen LogP contribution is 2.34. The molecule has 0 unspecified atom stereocenters. The van der Waals surface area contributed by atoms with Crippen LogP contribution in [0.5, 0.6) is 5.75 Å². The summed E-state index contributed by atoms with van der Waals surface area (Å²) >= 11 is 0. The van der Waals surface area contributed by atoms with Gasteiger partial charge in [0.05, 0.1) is 19.3 Å². The maximum atomic E-state index is 5.31. The molecule has 1 aromatic heterocycles. The molecular formula is C16H19N3O. The van der Waals surface area contributed by atoms with E-state index in [2.05, 4.69) is 22.4 Å². The molecule has 1 aromatic carbocycles. The van der Waals surface area contributed by atoms with Crippen molar-refractivity contribution < 1.29 is 4.74 Å². The number of nitrogens with one attached hydrogen (secondary N) is 2. The van der Waals surface area contributed by atoms with Crippen molar-refractivity contribution in [1.29, 1.82) is 0 Å². The number of hydrogen-bond acceptors (Lipinski definition) is 3. The van der Waals surface area contributed by atoms with Crippen molar-refractivity contribution >= 4 is 0 Å². The largest absolute Gasteiger partial charge is 0.497 e. The molecule has 104 valence electrons. The maximum Gasteiger partial charge on any atom is 0.121 e. The minimum Gasteiger partial charge on any atom is -0.497 e. The molecule has 20 heavy (non-hydrogen) atoms. The second-order valence-corrected chi connectivity index (χ2v) is 5.69. The molecule has 0 aliphatic heterocycles. The van der Waals surface area contributed by atoms with Crippen LogP contribution in [0.25, 0.3) is 11.3 Å². The molecule has 0 saturated heterocycles. The van der Waals surface area contributed by atoms with Crippen LogP contribution in [0, 0.1) is 0 Å². The first-order valence-corrected chi connectivity index (χ1v) is 7.32. The van der Waals surface area contributed by atoms with Gasteiger partial charge in [0.25, 0.3) is 0 Å². The van der Waals surface area contributed by atoms with Crippen molar-refractivity contribution in [2.75, 3.05) is 7.11 Å². The molecule has 2 aliphatic rings. The van der Waals surface area contributed by atoms with Gasteiger partial charge in [0.15, 0.2) is 0 Å². The number of imidazole rings is 1. The van der Waals surface area contributed by atoms with E-state index in [4.69, 9.17) is 9.72 Å². The van der Waals surface area contributed by atoms with E-state index in [-0.39, 0.29) is 0 Å². The molecule has 0 amide bonds. The molecule has 0 spiro atoms. The minimum atomic E-state index is 0.716. The molecule has 2 aromatic rings. The Morgan fingerprint density at radius 1 is 1.35 bits per heavy atom. The Hall–Kier alpha value is -1.81. The zero-order valence-corrected chi connectivity index (χ0v) is 11.7. The van der Waals surface area contributed by atoms with E-state index in [1.807, 2.05) is 6.07 Å². The van der Waals surface area contributed by atoms with E-state index in [1.54, 1.807) is 7.11 Å². The van der Waals surface area contributed by atoms with Gasteiger partial charge < -0.3 is 15.0 Å². The van der Waals surface area contributed by atoms with Crippen LogP contribution in [-0.2, 0) is 19.4 Å². The number of methoxy groups -OCH3 is 1. The highest BCUT2D eigenvalue weighted by molar-refractivity contribution is 5.69. The van der Waals surface area contributed by atoms with Crippen molar-refractivity contribution in [3.63, 3.8) is 0 Å². The smallest absolute Gasteiger partial charge is 0.121 e. The highest BCUT2D eigenvalue weighted by atomic mass is 16.5. The zero-order valence-electron chi connectivity index (χ0n) is 11.7. The first-order chi connectivity index (χ1) is 9.83. The summed E-state index contributed by atoms with van der Waals surface area (Å²) in [5.74, 6) is 1.99. The Bertz CT molecular complexity index is 643. The molecule has 1 heterocycles. The molecular weight excluding hydrogens is 250 g/mol. The van der Waals surface area contributed by atoms with E-state index >= 15 is 0 Å². The van der Waals surface area contributed by atoms with Gasteiger partial charge in [-0.3, -0.25) is 0 Å². The molecule has 0 bridgehead atoms. The standard InChI is InChI=1S/C16H19N3O/c1-20-12-5-6-13-10(8-12)2-7-14-16(13)19-15(18-14)9-17-11-3-4-11/h5-6,8,11,17H,2-4,7,9H2,1H3,(H,18,19). The number of benzene rings is 1. The Morgan fingerprint density at radius 2 is 2.25 bits per heavy atom. The van der Waals surface area contributed by atoms with Crippen LogP contribution in [0.3, 0.4) is 0 Å². The van der Waals surface area contributed by atoms with Crippen LogP contribution in [0.4, 0.5) is 0 Å². The van der Waals surface area contributed by atoms with E-state index in [0.717, 1.165) is 36.7 Å². The maximum absolute atomic E-state index is 5.31. The summed E-state index contributed by atoms with van der Waals surface area (Å²) in [6, 6.07) is 7.00. The fraction of sp³-hybridized carbons (Fsp3) is 0.438. The van der Waals surface area contributed by atoms with Crippen molar-refractivity contribution in [2.45, 2.75) is 38.3 Å². The fourth-order valence-corrected chi connectivity index (χ4v) is 2.87. The summed E-state index contributed by atoms with van der Waals surface area (Å²) < 4.78 is 5.31. The van der Waals surface area contributed by atoms with Gasteiger partial charge in [-0.05, 0) is 49.4 Å². The second-order valence-electron chi connectivity index (χ2n) is 5.69. The van der Waals surface area contributed by atoms with Crippen LogP contribution in [-0.4, -0.2) is 23.1 Å². The Balaban J connectivity index is 1.64. The number of hydrogen-bond donors (Lipinski definition) is 2. The van der Waals surface area contributed by atoms with Crippen molar-refractivity contribution in [1.82, 2.24) is 15.3 Å². The molecule has 4 heteroatoms. The van der Waals surface area contributed by atoms with Crippen molar-refractivity contribution in [3.8, 4) is 17.0 Å². The van der Waals surface area contributed by atoms with Gasteiger partial charge in [-0.1, -0.05) is 0 Å². The Kier molecular flexibility index (Phi) is 2.77. The summed E-state index contributed by atoms with van der Waals surface area (Å²) in [5, 5.41) is 3.51. The predicted octanol–water partition coefficient (Wildman–Crippen LogP) is 2.44. The molecule has 4 nitrogen and oxygen atoms in total. The monoisotopic (exact) mass is 269 g/mol. The molecule has 2 aliphatic carbocycles. The summed E-state index contributed by atoms with van der Waals surface area (Å²) in [4.78, 5) is 8.27. The molecule has 2 N–H and O–H groups in total. The van der Waals surface area contributed by atoms with Crippen LogP contribution in [0.1, 0.15) is 29.9 Å². The number of rotatable bonds is 4. The van der Waals surface area contributed by atoms with Gasteiger partial charge in [0.2, 0.25) is 0 Å². The SMILES string of the molecule is COc1ccc2c(c1)CCc1[nH]c(CNC3CC3)nc1-2. The van der Waals surface area contributed by atoms with E-state index < -0.39 is 0 Å². The van der Waals surface area contributed by atoms with Gasteiger partial charge in [0.1, 0.15) is 11.6 Å². The second kappa shape index (κ2) is 4.63. The lowest BCUT2D eigenvalue weighted by Crippen LogP contribution is -2.16. The summed E-state index contributed by atoms with van der Waals surface area (Å²) in [7, 11) is 1.71. The molecule has 0 atom stereocenters. The molecule has 1 fully saturated rings. The number of ether oxygens (including phenoxy) is 1. The number of aromatic amines is 1. The van der Waals surface area contributed by atoms with Gasteiger partial charge in [-0.25, -0.2) is 4.98 Å². The third kappa shape index (κ3) is 2.10. The van der Waals surface area contributed by atoms with E-state index in [0.29, 0.717) is 6.04 Å². The normalized spacial score (nSPS) is 16.6. The Labute approximate surface area is 118 Å². The molecule has 0 radical (unpaired) electrons. The third-order valence-corrected chi connectivity index (χ3v) is 4.18.